The van der Waals surface area contributed by atoms with E-state index in [4.69, 9.17) is 5.11 Å². The van der Waals surface area contributed by atoms with Crippen molar-refractivity contribution in [2.24, 2.45) is 0 Å². The Labute approximate surface area is 126 Å². The maximum Gasteiger partial charge on any atom is 0.303 e. The van der Waals surface area contributed by atoms with E-state index >= 15 is 0 Å². The first-order valence-electron chi connectivity index (χ1n) is 7.69. The van der Waals surface area contributed by atoms with Crippen molar-refractivity contribution in [3.05, 3.63) is 35.9 Å². The molecule has 1 aromatic carbocycles. The number of rotatable bonds is 10. The highest BCUT2D eigenvalue weighted by molar-refractivity contribution is 5.76. The summed E-state index contributed by atoms with van der Waals surface area (Å²) >= 11 is 0. The number of carbonyl (C=O) groups excluding carboxylic acids is 1. The quantitative estimate of drug-likeness (QED) is 0.646. The van der Waals surface area contributed by atoms with Gasteiger partial charge in [0.05, 0.1) is 6.04 Å². The van der Waals surface area contributed by atoms with E-state index in [1.807, 2.05) is 30.3 Å². The first-order chi connectivity index (χ1) is 10.1. The van der Waals surface area contributed by atoms with Crippen LogP contribution in [0.3, 0.4) is 0 Å². The van der Waals surface area contributed by atoms with Gasteiger partial charge in [0.15, 0.2) is 0 Å². The summed E-state index contributed by atoms with van der Waals surface area (Å²) < 4.78 is 0. The number of nitrogens with one attached hydrogen (secondary N) is 1. The molecule has 0 heterocycles. The minimum atomic E-state index is -0.840. The van der Waals surface area contributed by atoms with Crippen LogP contribution < -0.4 is 5.32 Å². The zero-order chi connectivity index (χ0) is 15.5. The van der Waals surface area contributed by atoms with Crippen LogP contribution in [0.5, 0.6) is 0 Å². The summed E-state index contributed by atoms with van der Waals surface area (Å²) in [6.07, 6.45) is 5.22. The molecule has 0 bridgehead atoms. The fourth-order valence-corrected chi connectivity index (χ4v) is 2.25. The smallest absolute Gasteiger partial charge is 0.303 e. The Morgan fingerprint density at radius 1 is 1.10 bits per heavy atom. The zero-order valence-corrected chi connectivity index (χ0v) is 12.7. The summed E-state index contributed by atoms with van der Waals surface area (Å²) in [5, 5.41) is 11.8. The van der Waals surface area contributed by atoms with Crippen LogP contribution in [-0.4, -0.2) is 17.0 Å². The number of benzene rings is 1. The van der Waals surface area contributed by atoms with E-state index in [1.54, 1.807) is 0 Å². The molecule has 116 valence electrons. The molecule has 21 heavy (non-hydrogen) atoms. The van der Waals surface area contributed by atoms with Crippen LogP contribution in [0.4, 0.5) is 0 Å². The topological polar surface area (TPSA) is 66.4 Å². The molecule has 0 saturated heterocycles. The summed E-state index contributed by atoms with van der Waals surface area (Å²) in [7, 11) is 0. The van der Waals surface area contributed by atoms with Crippen molar-refractivity contribution in [2.75, 3.05) is 0 Å². The average molecular weight is 291 g/mol. The van der Waals surface area contributed by atoms with Gasteiger partial charge >= 0.3 is 5.97 Å². The van der Waals surface area contributed by atoms with E-state index < -0.39 is 5.97 Å². The fourth-order valence-electron chi connectivity index (χ4n) is 2.25. The third-order valence-corrected chi connectivity index (χ3v) is 3.44. The van der Waals surface area contributed by atoms with Crippen LogP contribution in [0, 0.1) is 0 Å². The molecule has 4 nitrogen and oxygen atoms in total. The van der Waals surface area contributed by atoms with E-state index in [2.05, 4.69) is 12.2 Å². The highest BCUT2D eigenvalue weighted by atomic mass is 16.4. The van der Waals surface area contributed by atoms with Crippen molar-refractivity contribution < 1.29 is 14.7 Å². The van der Waals surface area contributed by atoms with E-state index in [1.165, 1.54) is 0 Å². The number of hydrogen-bond acceptors (Lipinski definition) is 2. The summed E-state index contributed by atoms with van der Waals surface area (Å²) in [6.45, 7) is 2.14. The van der Waals surface area contributed by atoms with Gasteiger partial charge in [-0.05, 0) is 18.4 Å². The molecule has 0 aliphatic heterocycles. The second-order valence-electron chi connectivity index (χ2n) is 5.27. The van der Waals surface area contributed by atoms with Gasteiger partial charge in [-0.15, -0.1) is 0 Å². The molecule has 2 N–H and O–H groups in total. The summed E-state index contributed by atoms with van der Waals surface area (Å²) in [6, 6.07) is 9.33. The van der Waals surface area contributed by atoms with Crippen LogP contribution in [0.1, 0.15) is 63.5 Å². The predicted octanol–water partition coefficient (Wildman–Crippen LogP) is 3.68. The average Bonchev–Trinajstić information content (AvgIpc) is 2.48. The Hall–Kier alpha value is -1.84. The number of carbonyl (C=O) groups is 2. The minimum Gasteiger partial charge on any atom is -0.481 e. The van der Waals surface area contributed by atoms with Crippen molar-refractivity contribution in [1.82, 2.24) is 5.32 Å². The van der Waals surface area contributed by atoms with Gasteiger partial charge in [-0.25, -0.2) is 0 Å². The summed E-state index contributed by atoms with van der Waals surface area (Å²) in [4.78, 5) is 22.7. The number of carboxylic acid groups (broad SMARTS) is 1. The molecule has 1 atom stereocenters. The van der Waals surface area contributed by atoms with Gasteiger partial charge in [-0.2, -0.15) is 0 Å². The molecule has 0 aliphatic rings. The highest BCUT2D eigenvalue weighted by Gasteiger charge is 2.15. The van der Waals surface area contributed by atoms with Crippen molar-refractivity contribution >= 4 is 11.9 Å². The van der Waals surface area contributed by atoms with Gasteiger partial charge in [-0.3, -0.25) is 9.59 Å². The fraction of sp³-hybridized carbons (Fsp3) is 0.529. The van der Waals surface area contributed by atoms with Gasteiger partial charge < -0.3 is 10.4 Å². The molecule has 0 spiro atoms. The van der Waals surface area contributed by atoms with E-state index in [0.717, 1.165) is 31.2 Å². The van der Waals surface area contributed by atoms with Crippen LogP contribution >= 0.6 is 0 Å². The highest BCUT2D eigenvalue weighted by Crippen LogP contribution is 2.18. The van der Waals surface area contributed by atoms with Crippen molar-refractivity contribution in [3.63, 3.8) is 0 Å². The second-order valence-corrected chi connectivity index (χ2v) is 5.27. The maximum absolute atomic E-state index is 12.0. The molecule has 0 fully saturated rings. The lowest BCUT2D eigenvalue weighted by molar-refractivity contribution is -0.137. The van der Waals surface area contributed by atoms with E-state index in [9.17, 15) is 9.59 Å². The first kappa shape index (κ1) is 17.2. The summed E-state index contributed by atoms with van der Waals surface area (Å²) in [5.41, 5.74) is 0.959. The molecule has 1 aromatic rings. The number of unbranched alkanes of at least 4 members (excludes halogenated alkanes) is 3. The number of amides is 1. The third-order valence-electron chi connectivity index (χ3n) is 3.44. The lowest BCUT2D eigenvalue weighted by atomic mass is 10.0. The Bertz CT molecular complexity index is 431. The standard InChI is InChI=1S/C17H25NO3/c1-2-3-4-8-11-16(19)18-15(12-13-17(20)21)14-9-6-5-7-10-14/h5-7,9-10,15H,2-4,8,11-13H2,1H3,(H,18,19)(H,20,21). The Morgan fingerprint density at radius 2 is 1.81 bits per heavy atom. The Morgan fingerprint density at radius 3 is 2.43 bits per heavy atom. The number of aliphatic carboxylic acids is 1. The SMILES string of the molecule is CCCCCCC(=O)NC(CCC(=O)O)c1ccccc1. The van der Waals surface area contributed by atoms with Gasteiger partial charge in [0.25, 0.3) is 0 Å². The maximum atomic E-state index is 12.0. The Balaban J connectivity index is 2.52. The van der Waals surface area contributed by atoms with E-state index in [0.29, 0.717) is 12.8 Å². The number of carboxylic acids is 1. The largest absolute Gasteiger partial charge is 0.481 e. The first-order valence-corrected chi connectivity index (χ1v) is 7.69. The van der Waals surface area contributed by atoms with Gasteiger partial charge in [0.1, 0.15) is 0 Å². The van der Waals surface area contributed by atoms with Crippen molar-refractivity contribution in [2.45, 2.75) is 57.9 Å². The molecule has 0 saturated carbocycles. The van der Waals surface area contributed by atoms with Gasteiger partial charge in [-0.1, -0.05) is 56.5 Å². The normalized spacial score (nSPS) is 11.9. The van der Waals surface area contributed by atoms with Gasteiger partial charge in [0.2, 0.25) is 5.91 Å². The Kier molecular flexibility index (Phi) is 8.17. The van der Waals surface area contributed by atoms with Crippen molar-refractivity contribution in [3.8, 4) is 0 Å². The molecule has 0 aliphatic carbocycles. The number of hydrogen-bond donors (Lipinski definition) is 2. The monoisotopic (exact) mass is 291 g/mol. The molecule has 1 unspecified atom stereocenters. The molecule has 4 heteroatoms. The van der Waals surface area contributed by atoms with Crippen molar-refractivity contribution in [1.29, 1.82) is 0 Å². The van der Waals surface area contributed by atoms with Crippen LogP contribution in [0.2, 0.25) is 0 Å². The van der Waals surface area contributed by atoms with Crippen LogP contribution in [-0.2, 0) is 9.59 Å². The predicted molar refractivity (Wildman–Crippen MR) is 83.0 cm³/mol. The third kappa shape index (κ3) is 7.49. The van der Waals surface area contributed by atoms with Crippen LogP contribution in [0.25, 0.3) is 0 Å². The minimum absolute atomic E-state index is 0.00495. The molecular weight excluding hydrogens is 266 g/mol. The lowest BCUT2D eigenvalue weighted by Gasteiger charge is -2.18. The second kappa shape index (κ2) is 9.97. The molecule has 0 aromatic heterocycles. The molecule has 0 radical (unpaired) electrons. The molecule has 1 rings (SSSR count). The molecule has 1 amide bonds. The van der Waals surface area contributed by atoms with Crippen LogP contribution in [0.15, 0.2) is 30.3 Å². The molecular formula is C17H25NO3. The van der Waals surface area contributed by atoms with E-state index in [-0.39, 0.29) is 18.4 Å². The zero-order valence-electron chi connectivity index (χ0n) is 12.7. The lowest BCUT2D eigenvalue weighted by Crippen LogP contribution is -2.28. The summed E-state index contributed by atoms with van der Waals surface area (Å²) in [5.74, 6) is -0.835. The van der Waals surface area contributed by atoms with Gasteiger partial charge in [0, 0.05) is 12.8 Å².